The Hall–Kier alpha value is -0.860. The second-order valence-electron chi connectivity index (χ2n) is 4.50. The van der Waals surface area contributed by atoms with E-state index in [0.29, 0.717) is 12.6 Å². The van der Waals surface area contributed by atoms with Gasteiger partial charge in [-0.25, -0.2) is 0 Å². The molecule has 0 bridgehead atoms. The third-order valence-electron chi connectivity index (χ3n) is 2.93. The highest BCUT2D eigenvalue weighted by atomic mass is 14.9. The van der Waals surface area contributed by atoms with Crippen molar-refractivity contribution in [2.45, 2.75) is 32.7 Å². The van der Waals surface area contributed by atoms with Crippen LogP contribution in [0.15, 0.2) is 30.3 Å². The Labute approximate surface area is 99.2 Å². The first-order chi connectivity index (χ1) is 7.77. The van der Waals surface area contributed by atoms with Crippen LogP contribution >= 0.6 is 0 Å². The van der Waals surface area contributed by atoms with Crippen molar-refractivity contribution >= 4 is 0 Å². The number of nitrogens with one attached hydrogen (secondary N) is 1. The average molecular weight is 220 g/mol. The lowest BCUT2D eigenvalue weighted by Crippen LogP contribution is -2.31. The molecule has 0 amide bonds. The molecular weight excluding hydrogens is 196 g/mol. The molecular formula is C14H24N2. The molecule has 0 fully saturated rings. The maximum absolute atomic E-state index is 5.80. The first kappa shape index (κ1) is 13.2. The molecule has 1 aromatic rings. The van der Waals surface area contributed by atoms with E-state index in [1.54, 1.807) is 0 Å². The zero-order chi connectivity index (χ0) is 11.8. The lowest BCUT2D eigenvalue weighted by Gasteiger charge is -2.20. The van der Waals surface area contributed by atoms with E-state index >= 15 is 0 Å². The minimum Gasteiger partial charge on any atom is -0.329 e. The van der Waals surface area contributed by atoms with E-state index in [9.17, 15) is 0 Å². The van der Waals surface area contributed by atoms with E-state index in [4.69, 9.17) is 5.73 Å². The van der Waals surface area contributed by atoms with Gasteiger partial charge >= 0.3 is 0 Å². The normalized spacial score (nSPS) is 14.7. The van der Waals surface area contributed by atoms with Crippen LogP contribution < -0.4 is 11.1 Å². The molecule has 2 nitrogen and oxygen atoms in total. The Morgan fingerprint density at radius 3 is 2.50 bits per heavy atom. The first-order valence-corrected chi connectivity index (χ1v) is 6.26. The van der Waals surface area contributed by atoms with E-state index in [-0.39, 0.29) is 0 Å². The Kier molecular flexibility index (Phi) is 6.12. The molecule has 1 rings (SSSR count). The molecule has 0 aliphatic heterocycles. The summed E-state index contributed by atoms with van der Waals surface area (Å²) in [6, 6.07) is 10.7. The Morgan fingerprint density at radius 1 is 1.25 bits per heavy atom. The second kappa shape index (κ2) is 7.42. The van der Waals surface area contributed by atoms with Crippen LogP contribution in [-0.2, 0) is 0 Å². The second-order valence-corrected chi connectivity index (χ2v) is 4.50. The van der Waals surface area contributed by atoms with E-state index in [1.165, 1.54) is 18.4 Å². The van der Waals surface area contributed by atoms with Gasteiger partial charge in [-0.05, 0) is 24.4 Å². The molecule has 3 N–H and O–H groups in total. The molecule has 1 aromatic carbocycles. The van der Waals surface area contributed by atoms with E-state index in [2.05, 4.69) is 43.4 Å². The van der Waals surface area contributed by atoms with E-state index in [0.717, 1.165) is 12.5 Å². The van der Waals surface area contributed by atoms with Crippen LogP contribution in [0.4, 0.5) is 0 Å². The number of benzene rings is 1. The van der Waals surface area contributed by atoms with Gasteiger partial charge in [0.2, 0.25) is 0 Å². The predicted molar refractivity (Wildman–Crippen MR) is 70.3 cm³/mol. The van der Waals surface area contributed by atoms with Crippen molar-refractivity contribution in [2.24, 2.45) is 11.7 Å². The third kappa shape index (κ3) is 4.33. The molecule has 0 aliphatic rings. The Balaban J connectivity index is 2.44. The Morgan fingerprint density at radius 2 is 1.94 bits per heavy atom. The smallest absolute Gasteiger partial charge is 0.0444 e. The fraction of sp³-hybridized carbons (Fsp3) is 0.571. The lowest BCUT2D eigenvalue weighted by molar-refractivity contribution is 0.434. The summed E-state index contributed by atoms with van der Waals surface area (Å²) in [5.74, 6) is 0.725. The van der Waals surface area contributed by atoms with Crippen LogP contribution in [0.1, 0.15) is 38.3 Å². The molecule has 0 aliphatic carbocycles. The van der Waals surface area contributed by atoms with Crippen molar-refractivity contribution in [3.8, 4) is 0 Å². The molecule has 2 unspecified atom stereocenters. The summed E-state index contributed by atoms with van der Waals surface area (Å²) >= 11 is 0. The van der Waals surface area contributed by atoms with Gasteiger partial charge in [0.15, 0.2) is 0 Å². The van der Waals surface area contributed by atoms with Gasteiger partial charge in [-0.1, -0.05) is 50.6 Å². The van der Waals surface area contributed by atoms with Crippen LogP contribution in [0.3, 0.4) is 0 Å². The molecule has 0 spiro atoms. The van der Waals surface area contributed by atoms with Gasteiger partial charge < -0.3 is 11.1 Å². The topological polar surface area (TPSA) is 38.0 Å². The highest BCUT2D eigenvalue weighted by Gasteiger charge is 2.09. The van der Waals surface area contributed by atoms with Crippen molar-refractivity contribution in [3.05, 3.63) is 35.9 Å². The van der Waals surface area contributed by atoms with Crippen molar-refractivity contribution in [2.75, 3.05) is 13.1 Å². The molecule has 0 saturated carbocycles. The minimum atomic E-state index is 0.292. The fourth-order valence-corrected chi connectivity index (χ4v) is 1.96. The van der Waals surface area contributed by atoms with Gasteiger partial charge in [0.25, 0.3) is 0 Å². The summed E-state index contributed by atoms with van der Waals surface area (Å²) < 4.78 is 0. The quantitative estimate of drug-likeness (QED) is 0.741. The maximum Gasteiger partial charge on any atom is 0.0444 e. The van der Waals surface area contributed by atoms with Gasteiger partial charge in [-0.2, -0.15) is 0 Å². The monoisotopic (exact) mass is 220 g/mol. The van der Waals surface area contributed by atoms with Crippen LogP contribution in [0.2, 0.25) is 0 Å². The van der Waals surface area contributed by atoms with Gasteiger partial charge in [-0.15, -0.1) is 0 Å². The van der Waals surface area contributed by atoms with Gasteiger partial charge in [0.05, 0.1) is 0 Å². The number of rotatable bonds is 7. The summed E-state index contributed by atoms with van der Waals surface area (Å²) in [4.78, 5) is 0. The summed E-state index contributed by atoms with van der Waals surface area (Å²) in [6.45, 7) is 6.22. The number of hydrogen-bond donors (Lipinski definition) is 2. The van der Waals surface area contributed by atoms with Crippen molar-refractivity contribution < 1.29 is 0 Å². The maximum atomic E-state index is 5.80. The van der Waals surface area contributed by atoms with Crippen LogP contribution in [0.25, 0.3) is 0 Å². The summed E-state index contributed by atoms with van der Waals surface area (Å²) in [7, 11) is 0. The molecule has 16 heavy (non-hydrogen) atoms. The zero-order valence-electron chi connectivity index (χ0n) is 10.4. The van der Waals surface area contributed by atoms with E-state index in [1.807, 2.05) is 6.07 Å². The van der Waals surface area contributed by atoms with Gasteiger partial charge in [0.1, 0.15) is 0 Å². The van der Waals surface area contributed by atoms with Crippen molar-refractivity contribution in [3.63, 3.8) is 0 Å². The SMILES string of the molecule is CCCC(C)CNC(CN)c1ccccc1. The van der Waals surface area contributed by atoms with Crippen molar-refractivity contribution in [1.29, 1.82) is 0 Å². The average Bonchev–Trinajstić information content (AvgIpc) is 2.31. The third-order valence-corrected chi connectivity index (χ3v) is 2.93. The summed E-state index contributed by atoms with van der Waals surface area (Å²) in [5, 5.41) is 3.55. The number of nitrogens with two attached hydrogens (primary N) is 1. The van der Waals surface area contributed by atoms with Crippen molar-refractivity contribution in [1.82, 2.24) is 5.32 Å². The van der Waals surface area contributed by atoms with Crippen LogP contribution in [0, 0.1) is 5.92 Å². The zero-order valence-corrected chi connectivity index (χ0v) is 10.4. The predicted octanol–water partition coefficient (Wildman–Crippen LogP) is 2.71. The molecule has 90 valence electrons. The molecule has 0 saturated heterocycles. The minimum absolute atomic E-state index is 0.292. The molecule has 2 atom stereocenters. The van der Waals surface area contributed by atoms with Gasteiger partial charge in [-0.3, -0.25) is 0 Å². The molecule has 2 heteroatoms. The number of hydrogen-bond acceptors (Lipinski definition) is 2. The van der Waals surface area contributed by atoms with Crippen LogP contribution in [-0.4, -0.2) is 13.1 Å². The van der Waals surface area contributed by atoms with Crippen LogP contribution in [0.5, 0.6) is 0 Å². The first-order valence-electron chi connectivity index (χ1n) is 6.26. The molecule has 0 heterocycles. The largest absolute Gasteiger partial charge is 0.329 e. The highest BCUT2D eigenvalue weighted by Crippen LogP contribution is 2.12. The Bertz CT molecular complexity index is 271. The molecule has 0 aromatic heterocycles. The molecule has 0 radical (unpaired) electrons. The fourth-order valence-electron chi connectivity index (χ4n) is 1.96. The summed E-state index contributed by atoms with van der Waals surface area (Å²) in [5.41, 5.74) is 7.09. The lowest BCUT2D eigenvalue weighted by atomic mass is 10.0. The van der Waals surface area contributed by atoms with Gasteiger partial charge in [0, 0.05) is 12.6 Å². The summed E-state index contributed by atoms with van der Waals surface area (Å²) in [6.07, 6.45) is 2.53. The standard InChI is InChI=1S/C14H24N2/c1-3-7-12(2)11-16-14(10-15)13-8-5-4-6-9-13/h4-6,8-9,12,14,16H,3,7,10-11,15H2,1-2H3. The van der Waals surface area contributed by atoms with E-state index < -0.39 is 0 Å². The highest BCUT2D eigenvalue weighted by molar-refractivity contribution is 5.19.